The van der Waals surface area contributed by atoms with Gasteiger partial charge in [0.15, 0.2) is 5.82 Å². The third-order valence-corrected chi connectivity index (χ3v) is 2.61. The van der Waals surface area contributed by atoms with Crippen molar-refractivity contribution in [2.45, 2.75) is 0 Å². The number of hydrogen-bond acceptors (Lipinski definition) is 5. The van der Waals surface area contributed by atoms with Crippen LogP contribution in [0, 0.1) is 0 Å². The average Bonchev–Trinajstić information content (AvgIpc) is 2.66. The van der Waals surface area contributed by atoms with E-state index in [-0.39, 0.29) is 0 Å². The quantitative estimate of drug-likeness (QED) is 0.558. The molecule has 0 aliphatic heterocycles. The first kappa shape index (κ1) is 6.79. The number of thiazole rings is 1. The highest BCUT2D eigenvalue weighted by molar-refractivity contribution is 7.16. The Morgan fingerprint density at radius 2 is 2.23 bits per heavy atom. The van der Waals surface area contributed by atoms with E-state index < -0.39 is 0 Å². The number of nitrogens with two attached hydrogens (primary N) is 1. The fraction of sp³-hybridized carbons (Fsp3) is 0. The van der Waals surface area contributed by atoms with Crippen LogP contribution < -0.4 is 5.73 Å². The molecule has 3 aromatic rings. The molecule has 0 aliphatic rings. The Labute approximate surface area is 76.6 Å². The first-order chi connectivity index (χ1) is 6.36. The minimum atomic E-state index is 0.476. The summed E-state index contributed by atoms with van der Waals surface area (Å²) >= 11 is 1.46. The largest absolute Gasteiger partial charge is 0.382 e. The van der Waals surface area contributed by atoms with Crippen molar-refractivity contribution in [1.29, 1.82) is 0 Å². The number of anilines is 1. The zero-order chi connectivity index (χ0) is 8.84. The highest BCUT2D eigenvalue weighted by Gasteiger charge is 2.09. The number of fused-ring (bicyclic) bond motifs is 3. The highest BCUT2D eigenvalue weighted by atomic mass is 32.1. The van der Waals surface area contributed by atoms with E-state index in [0.717, 1.165) is 21.4 Å². The lowest BCUT2D eigenvalue weighted by atomic mass is 10.3. The number of aromatic nitrogens is 4. The van der Waals surface area contributed by atoms with Crippen LogP contribution in [0.15, 0.2) is 11.8 Å². The molecule has 6 heteroatoms. The predicted octanol–water partition coefficient (Wildman–Crippen LogP) is 1.15. The maximum atomic E-state index is 5.72. The normalized spacial score (nSPS) is 11.4. The van der Waals surface area contributed by atoms with Crippen LogP contribution in [0.1, 0.15) is 0 Å². The van der Waals surface area contributed by atoms with E-state index in [0.29, 0.717) is 5.82 Å². The Kier molecular flexibility index (Phi) is 1.13. The molecule has 3 N–H and O–H groups in total. The summed E-state index contributed by atoms with van der Waals surface area (Å²) in [5, 5.41) is 0. The van der Waals surface area contributed by atoms with Crippen molar-refractivity contribution in [3.05, 3.63) is 11.8 Å². The number of aromatic amines is 1. The number of nitrogens with one attached hydrogen (secondary N) is 1. The molecule has 0 spiro atoms. The van der Waals surface area contributed by atoms with Gasteiger partial charge in [0, 0.05) is 0 Å². The molecule has 3 heterocycles. The van der Waals surface area contributed by atoms with Gasteiger partial charge >= 0.3 is 0 Å². The molecule has 0 bridgehead atoms. The van der Waals surface area contributed by atoms with Gasteiger partial charge < -0.3 is 10.7 Å². The minimum Gasteiger partial charge on any atom is -0.382 e. The third-order valence-electron chi connectivity index (χ3n) is 1.89. The van der Waals surface area contributed by atoms with Crippen molar-refractivity contribution < 1.29 is 0 Å². The van der Waals surface area contributed by atoms with Crippen LogP contribution in [0.3, 0.4) is 0 Å². The molecule has 64 valence electrons. The van der Waals surface area contributed by atoms with E-state index in [1.165, 1.54) is 11.3 Å². The molecular formula is C7H5N5S. The molecule has 0 saturated carbocycles. The molecule has 0 radical (unpaired) electrons. The van der Waals surface area contributed by atoms with Gasteiger partial charge in [0.25, 0.3) is 0 Å². The lowest BCUT2D eigenvalue weighted by molar-refractivity contribution is 1.34. The third kappa shape index (κ3) is 0.775. The Morgan fingerprint density at radius 3 is 3.15 bits per heavy atom. The van der Waals surface area contributed by atoms with Gasteiger partial charge in [-0.05, 0) is 0 Å². The van der Waals surface area contributed by atoms with Gasteiger partial charge in [-0.2, -0.15) is 0 Å². The van der Waals surface area contributed by atoms with Gasteiger partial charge in [-0.3, -0.25) is 0 Å². The zero-order valence-electron chi connectivity index (χ0n) is 6.48. The second kappa shape index (κ2) is 2.17. The number of H-pyrrole nitrogens is 1. The molecule has 13 heavy (non-hydrogen) atoms. The molecule has 0 fully saturated rings. The second-order valence-corrected chi connectivity index (χ2v) is 3.46. The van der Waals surface area contributed by atoms with Crippen molar-refractivity contribution >= 4 is 38.5 Å². The monoisotopic (exact) mass is 191 g/mol. The van der Waals surface area contributed by atoms with Crippen molar-refractivity contribution in [2.24, 2.45) is 0 Å². The number of nitrogens with zero attached hydrogens (tertiary/aromatic N) is 3. The van der Waals surface area contributed by atoms with Crippen molar-refractivity contribution in [3.8, 4) is 0 Å². The van der Waals surface area contributed by atoms with E-state index in [1.54, 1.807) is 11.8 Å². The van der Waals surface area contributed by atoms with E-state index in [1.807, 2.05) is 0 Å². The maximum Gasteiger partial charge on any atom is 0.151 e. The van der Waals surface area contributed by atoms with Crippen LogP contribution in [-0.4, -0.2) is 19.9 Å². The summed E-state index contributed by atoms with van der Waals surface area (Å²) in [6, 6.07) is 0. The SMILES string of the molecule is Nc1nc2scnc2c2nc[nH]c12. The van der Waals surface area contributed by atoms with E-state index >= 15 is 0 Å². The Bertz CT molecular complexity index is 581. The number of rotatable bonds is 0. The lowest BCUT2D eigenvalue weighted by Crippen LogP contribution is -1.91. The number of hydrogen-bond donors (Lipinski definition) is 2. The molecule has 0 amide bonds. The van der Waals surface area contributed by atoms with E-state index in [4.69, 9.17) is 5.73 Å². The number of nitrogen functional groups attached to an aromatic ring is 1. The van der Waals surface area contributed by atoms with Crippen LogP contribution in [0.4, 0.5) is 5.82 Å². The Hall–Kier alpha value is -1.69. The summed E-state index contributed by atoms with van der Waals surface area (Å²) in [5.41, 5.74) is 9.84. The molecule has 3 aromatic heterocycles. The average molecular weight is 191 g/mol. The van der Waals surface area contributed by atoms with Crippen LogP contribution in [-0.2, 0) is 0 Å². The maximum absolute atomic E-state index is 5.72. The molecule has 3 rings (SSSR count). The minimum absolute atomic E-state index is 0.476. The number of imidazole rings is 1. The fourth-order valence-electron chi connectivity index (χ4n) is 1.32. The molecule has 0 saturated heterocycles. The molecule has 0 aliphatic carbocycles. The van der Waals surface area contributed by atoms with Crippen molar-refractivity contribution in [3.63, 3.8) is 0 Å². The fourth-order valence-corrected chi connectivity index (χ4v) is 1.99. The van der Waals surface area contributed by atoms with Crippen molar-refractivity contribution in [1.82, 2.24) is 19.9 Å². The molecular weight excluding hydrogens is 186 g/mol. The number of pyridine rings is 1. The standard InChI is InChI=1S/C7H5N5S/c8-6-4-3(9-1-10-4)5-7(12-6)13-2-11-5/h1-2H,(H2,8,12)(H,9,10). The van der Waals surface area contributed by atoms with Gasteiger partial charge in [0.2, 0.25) is 0 Å². The summed E-state index contributed by atoms with van der Waals surface area (Å²) in [7, 11) is 0. The van der Waals surface area contributed by atoms with Gasteiger partial charge in [-0.15, -0.1) is 11.3 Å². The molecule has 0 aromatic carbocycles. The van der Waals surface area contributed by atoms with Gasteiger partial charge in [0.1, 0.15) is 21.4 Å². The Morgan fingerprint density at radius 1 is 1.31 bits per heavy atom. The molecule has 5 nitrogen and oxygen atoms in total. The first-order valence-electron chi connectivity index (χ1n) is 3.68. The summed E-state index contributed by atoms with van der Waals surface area (Å²) in [4.78, 5) is 16.3. The smallest absolute Gasteiger partial charge is 0.151 e. The van der Waals surface area contributed by atoms with Crippen LogP contribution >= 0.6 is 11.3 Å². The summed E-state index contributed by atoms with van der Waals surface area (Å²) in [6.45, 7) is 0. The summed E-state index contributed by atoms with van der Waals surface area (Å²) < 4.78 is 0. The predicted molar refractivity (Wildman–Crippen MR) is 51.5 cm³/mol. The topological polar surface area (TPSA) is 80.5 Å². The summed E-state index contributed by atoms with van der Waals surface area (Å²) in [6.07, 6.45) is 1.60. The van der Waals surface area contributed by atoms with Crippen LogP contribution in [0.2, 0.25) is 0 Å². The zero-order valence-corrected chi connectivity index (χ0v) is 7.30. The van der Waals surface area contributed by atoms with Crippen LogP contribution in [0.5, 0.6) is 0 Å². The Balaban J connectivity index is 2.70. The first-order valence-corrected chi connectivity index (χ1v) is 4.56. The molecule has 0 atom stereocenters. The molecule has 0 unspecified atom stereocenters. The van der Waals surface area contributed by atoms with E-state index in [9.17, 15) is 0 Å². The lowest BCUT2D eigenvalue weighted by Gasteiger charge is -1.93. The van der Waals surface area contributed by atoms with Gasteiger partial charge in [-0.25, -0.2) is 15.0 Å². The second-order valence-electron chi connectivity index (χ2n) is 2.63. The van der Waals surface area contributed by atoms with E-state index in [2.05, 4.69) is 19.9 Å². The summed E-state index contributed by atoms with van der Waals surface area (Å²) in [5.74, 6) is 0.476. The van der Waals surface area contributed by atoms with Crippen LogP contribution in [0.25, 0.3) is 21.4 Å². The van der Waals surface area contributed by atoms with Crippen molar-refractivity contribution in [2.75, 3.05) is 5.73 Å². The highest BCUT2D eigenvalue weighted by Crippen LogP contribution is 2.25. The van der Waals surface area contributed by atoms with Gasteiger partial charge in [-0.1, -0.05) is 0 Å². The van der Waals surface area contributed by atoms with Gasteiger partial charge in [0.05, 0.1) is 11.8 Å².